The molecule has 0 atom stereocenters. The van der Waals surface area contributed by atoms with Gasteiger partial charge in [-0.05, 0) is 43.9 Å². The van der Waals surface area contributed by atoms with Gasteiger partial charge in [-0.1, -0.05) is 18.2 Å². The van der Waals surface area contributed by atoms with Crippen molar-refractivity contribution in [3.8, 4) is 0 Å². The van der Waals surface area contributed by atoms with Gasteiger partial charge in [-0.3, -0.25) is 9.59 Å². The van der Waals surface area contributed by atoms with Crippen LogP contribution < -0.4 is 10.6 Å². The summed E-state index contributed by atoms with van der Waals surface area (Å²) in [5, 5.41) is 5.62. The highest BCUT2D eigenvalue weighted by Gasteiger charge is 2.27. The average molecular weight is 338 g/mol. The van der Waals surface area contributed by atoms with Crippen molar-refractivity contribution in [2.75, 3.05) is 11.9 Å². The number of nitrogens with zero attached hydrogens (tertiary/aromatic N) is 2. The molecule has 2 amide bonds. The van der Waals surface area contributed by atoms with Gasteiger partial charge in [0.25, 0.3) is 11.8 Å². The number of benzene rings is 1. The fourth-order valence-electron chi connectivity index (χ4n) is 3.06. The summed E-state index contributed by atoms with van der Waals surface area (Å²) in [5.74, 6) is -0.261. The molecular formula is C19H22N4O2. The molecule has 0 unspecified atom stereocenters. The van der Waals surface area contributed by atoms with Gasteiger partial charge in [0.05, 0.1) is 5.69 Å². The van der Waals surface area contributed by atoms with Crippen LogP contribution in [0.2, 0.25) is 0 Å². The molecule has 130 valence electrons. The first-order valence-corrected chi connectivity index (χ1v) is 8.46. The zero-order chi connectivity index (χ0) is 17.8. The number of rotatable bonds is 5. The molecule has 3 rings (SSSR count). The molecule has 0 saturated heterocycles. The third-order valence-electron chi connectivity index (χ3n) is 4.22. The van der Waals surface area contributed by atoms with E-state index in [4.69, 9.17) is 0 Å². The second-order valence-corrected chi connectivity index (χ2v) is 6.16. The van der Waals surface area contributed by atoms with Gasteiger partial charge in [0.2, 0.25) is 0 Å². The molecule has 6 heteroatoms. The Morgan fingerprint density at radius 2 is 2.16 bits per heavy atom. The zero-order valence-electron chi connectivity index (χ0n) is 14.3. The molecule has 0 fully saturated rings. The zero-order valence-corrected chi connectivity index (χ0v) is 14.3. The number of carbonyl (C=O) groups is 2. The predicted molar refractivity (Wildman–Crippen MR) is 96.8 cm³/mol. The lowest BCUT2D eigenvalue weighted by atomic mass is 10.1. The lowest BCUT2D eigenvalue weighted by molar-refractivity contribution is 0.0942. The van der Waals surface area contributed by atoms with Gasteiger partial charge in [0.15, 0.2) is 11.5 Å². The van der Waals surface area contributed by atoms with E-state index in [1.807, 2.05) is 35.8 Å². The Labute approximate surface area is 147 Å². The standard InChI is InChI=1S/C19H22N4O2/c1-3-10-20-19(25)17-22-16(15-9-4-5-11-23(15)17)18(24)21-14-8-6-7-13(2)12-14/h3,6-8,12H,1,4-5,9-11H2,2H3,(H,20,25)(H,21,24). The molecule has 0 saturated carbocycles. The minimum absolute atomic E-state index is 0.279. The van der Waals surface area contributed by atoms with Gasteiger partial charge in [-0.2, -0.15) is 0 Å². The summed E-state index contributed by atoms with van der Waals surface area (Å²) in [4.78, 5) is 29.4. The summed E-state index contributed by atoms with van der Waals surface area (Å²) in [7, 11) is 0. The molecule has 2 heterocycles. The van der Waals surface area contributed by atoms with Crippen LogP contribution in [0.4, 0.5) is 5.69 Å². The molecule has 1 aromatic carbocycles. The van der Waals surface area contributed by atoms with Crippen LogP contribution in [-0.2, 0) is 13.0 Å². The van der Waals surface area contributed by atoms with Gasteiger partial charge < -0.3 is 15.2 Å². The fourth-order valence-corrected chi connectivity index (χ4v) is 3.06. The third kappa shape index (κ3) is 3.63. The van der Waals surface area contributed by atoms with Crippen molar-refractivity contribution in [1.29, 1.82) is 0 Å². The number of nitrogens with one attached hydrogen (secondary N) is 2. The Kier molecular flexibility index (Phi) is 4.97. The summed E-state index contributed by atoms with van der Waals surface area (Å²) in [6.45, 7) is 6.64. The molecule has 2 aromatic rings. The first-order valence-electron chi connectivity index (χ1n) is 8.46. The second kappa shape index (κ2) is 7.34. The number of carbonyl (C=O) groups excluding carboxylic acids is 2. The summed E-state index contributed by atoms with van der Waals surface area (Å²) < 4.78 is 1.87. The van der Waals surface area contributed by atoms with Crippen molar-refractivity contribution in [3.05, 3.63) is 59.7 Å². The van der Waals surface area contributed by atoms with Crippen molar-refractivity contribution < 1.29 is 9.59 Å². The van der Waals surface area contributed by atoms with E-state index >= 15 is 0 Å². The number of anilines is 1. The largest absolute Gasteiger partial charge is 0.346 e. The molecule has 0 bridgehead atoms. The van der Waals surface area contributed by atoms with Gasteiger partial charge in [-0.15, -0.1) is 6.58 Å². The van der Waals surface area contributed by atoms with Gasteiger partial charge in [0, 0.05) is 18.8 Å². The summed E-state index contributed by atoms with van der Waals surface area (Å²) in [6, 6.07) is 7.60. The maximum atomic E-state index is 12.7. The first-order chi connectivity index (χ1) is 12.1. The monoisotopic (exact) mass is 338 g/mol. The first kappa shape index (κ1) is 17.0. The SMILES string of the molecule is C=CCNC(=O)c1nc(C(=O)Nc2cccc(C)c2)c2n1CCCC2. The molecule has 1 aliphatic heterocycles. The van der Waals surface area contributed by atoms with Crippen molar-refractivity contribution in [2.45, 2.75) is 32.7 Å². The van der Waals surface area contributed by atoms with Crippen LogP contribution >= 0.6 is 0 Å². The molecule has 0 aliphatic carbocycles. The van der Waals surface area contributed by atoms with E-state index in [0.717, 1.165) is 36.2 Å². The topological polar surface area (TPSA) is 76.0 Å². The highest BCUT2D eigenvalue weighted by Crippen LogP contribution is 2.22. The van der Waals surface area contributed by atoms with Crippen molar-refractivity contribution >= 4 is 17.5 Å². The van der Waals surface area contributed by atoms with Crippen LogP contribution in [0, 0.1) is 6.92 Å². The highest BCUT2D eigenvalue weighted by molar-refractivity contribution is 6.05. The molecule has 25 heavy (non-hydrogen) atoms. The Balaban J connectivity index is 1.90. The van der Waals surface area contributed by atoms with Gasteiger partial charge >= 0.3 is 0 Å². The maximum Gasteiger partial charge on any atom is 0.287 e. The molecule has 6 nitrogen and oxygen atoms in total. The molecule has 2 N–H and O–H groups in total. The van der Waals surface area contributed by atoms with Crippen LogP contribution in [0.3, 0.4) is 0 Å². The van der Waals surface area contributed by atoms with Gasteiger partial charge in [0.1, 0.15) is 0 Å². The van der Waals surface area contributed by atoms with Crippen molar-refractivity contribution in [1.82, 2.24) is 14.9 Å². The quantitative estimate of drug-likeness (QED) is 0.823. The molecule has 1 aromatic heterocycles. The van der Waals surface area contributed by atoms with Gasteiger partial charge in [-0.25, -0.2) is 4.98 Å². The third-order valence-corrected chi connectivity index (χ3v) is 4.22. The van der Waals surface area contributed by atoms with Crippen LogP contribution in [-0.4, -0.2) is 27.9 Å². The molecule has 1 aliphatic rings. The van der Waals surface area contributed by atoms with E-state index in [-0.39, 0.29) is 11.8 Å². The number of fused-ring (bicyclic) bond motifs is 1. The molecular weight excluding hydrogens is 316 g/mol. The van der Waals surface area contributed by atoms with E-state index in [9.17, 15) is 9.59 Å². The summed E-state index contributed by atoms with van der Waals surface area (Å²) in [5.41, 5.74) is 2.96. The Morgan fingerprint density at radius 3 is 2.92 bits per heavy atom. The number of aromatic nitrogens is 2. The minimum atomic E-state index is -0.280. The fraction of sp³-hybridized carbons (Fsp3) is 0.316. The summed E-state index contributed by atoms with van der Waals surface area (Å²) >= 11 is 0. The Bertz CT molecular complexity index is 823. The van der Waals surface area contributed by atoms with E-state index in [1.165, 1.54) is 0 Å². The van der Waals surface area contributed by atoms with E-state index in [2.05, 4.69) is 22.2 Å². The van der Waals surface area contributed by atoms with E-state index in [1.54, 1.807) is 6.08 Å². The molecule has 0 spiro atoms. The maximum absolute atomic E-state index is 12.7. The number of imidazole rings is 1. The number of amides is 2. The normalized spacial score (nSPS) is 13.0. The van der Waals surface area contributed by atoms with E-state index < -0.39 is 0 Å². The Morgan fingerprint density at radius 1 is 1.32 bits per heavy atom. The average Bonchev–Trinajstić information content (AvgIpc) is 2.99. The van der Waals surface area contributed by atoms with Crippen LogP contribution in [0.15, 0.2) is 36.9 Å². The van der Waals surface area contributed by atoms with Crippen molar-refractivity contribution in [3.63, 3.8) is 0 Å². The van der Waals surface area contributed by atoms with E-state index in [0.29, 0.717) is 24.6 Å². The lowest BCUT2D eigenvalue weighted by Gasteiger charge is -2.17. The van der Waals surface area contributed by atoms with Crippen LogP contribution in [0.1, 0.15) is 45.2 Å². The predicted octanol–water partition coefficient (Wildman–Crippen LogP) is 2.70. The number of hydrogen-bond donors (Lipinski definition) is 2. The smallest absolute Gasteiger partial charge is 0.287 e. The number of aryl methyl sites for hydroxylation is 1. The van der Waals surface area contributed by atoms with Crippen LogP contribution in [0.25, 0.3) is 0 Å². The number of hydrogen-bond acceptors (Lipinski definition) is 3. The second-order valence-electron chi connectivity index (χ2n) is 6.16. The highest BCUT2D eigenvalue weighted by atomic mass is 16.2. The molecule has 0 radical (unpaired) electrons. The van der Waals surface area contributed by atoms with Crippen molar-refractivity contribution in [2.24, 2.45) is 0 Å². The van der Waals surface area contributed by atoms with Crippen LogP contribution in [0.5, 0.6) is 0 Å². The lowest BCUT2D eigenvalue weighted by Crippen LogP contribution is -2.28. The minimum Gasteiger partial charge on any atom is -0.346 e. The summed E-state index contributed by atoms with van der Waals surface area (Å²) in [6.07, 6.45) is 4.33. The Hall–Kier alpha value is -2.89.